The maximum absolute atomic E-state index is 13.5. The summed E-state index contributed by atoms with van der Waals surface area (Å²) in [7, 11) is 1.52. The van der Waals surface area contributed by atoms with Gasteiger partial charge in [-0.3, -0.25) is 4.79 Å². The van der Waals surface area contributed by atoms with Gasteiger partial charge in [-0.15, -0.1) is 6.58 Å². The van der Waals surface area contributed by atoms with Gasteiger partial charge in [-0.25, -0.2) is 4.98 Å². The molecule has 218 valence electrons. The number of para-hydroxylation sites is 1. The van der Waals surface area contributed by atoms with Crippen LogP contribution >= 0.6 is 0 Å². The molecule has 0 N–H and O–H groups in total. The number of aromatic nitrogens is 2. The van der Waals surface area contributed by atoms with Gasteiger partial charge in [0.05, 0.1) is 29.8 Å². The summed E-state index contributed by atoms with van der Waals surface area (Å²) in [6, 6.07) is 22.8. The fourth-order valence-corrected chi connectivity index (χ4v) is 4.60. The van der Waals surface area contributed by atoms with E-state index in [0.717, 1.165) is 33.5 Å². The fraction of sp³-hybridized carbons (Fsp3) is 0.147. The lowest BCUT2D eigenvalue weighted by Crippen LogP contribution is -2.20. The number of allylic oxidation sites excluding steroid dienone is 1. The van der Waals surface area contributed by atoms with Crippen molar-refractivity contribution < 1.29 is 22.6 Å². The first kappa shape index (κ1) is 29.3. The number of hydrogen-bond acceptors (Lipinski definition) is 5. The number of fused-ring (bicyclic) bond motifs is 1. The Bertz CT molecular complexity index is 1880. The molecule has 9 heteroatoms. The molecule has 0 saturated carbocycles. The Morgan fingerprint density at radius 2 is 1.77 bits per heavy atom. The van der Waals surface area contributed by atoms with E-state index in [1.54, 1.807) is 36.4 Å². The number of benzene rings is 4. The Balaban J connectivity index is 1.58. The molecule has 1 aromatic heterocycles. The minimum Gasteiger partial charge on any atom is -0.493 e. The van der Waals surface area contributed by atoms with Crippen LogP contribution < -0.4 is 15.0 Å². The first-order valence-electron chi connectivity index (χ1n) is 13.4. The minimum absolute atomic E-state index is 0.0256. The lowest BCUT2D eigenvalue weighted by atomic mass is 10.1. The molecule has 0 aliphatic heterocycles. The van der Waals surface area contributed by atoms with Crippen LogP contribution in [-0.2, 0) is 19.2 Å². The number of rotatable bonds is 9. The molecule has 4 aromatic carbocycles. The van der Waals surface area contributed by atoms with E-state index in [2.05, 4.69) is 16.7 Å². The highest BCUT2D eigenvalue weighted by atomic mass is 19.4. The summed E-state index contributed by atoms with van der Waals surface area (Å²) in [5, 5.41) is 4.69. The number of ether oxygens (including phenoxy) is 2. The number of methoxy groups -OCH3 is 1. The highest BCUT2D eigenvalue weighted by Gasteiger charge is 2.31. The molecule has 6 nitrogen and oxygen atoms in total. The normalized spacial score (nSPS) is 11.7. The van der Waals surface area contributed by atoms with Crippen LogP contribution in [0.25, 0.3) is 22.3 Å². The zero-order chi connectivity index (χ0) is 30.6. The van der Waals surface area contributed by atoms with E-state index >= 15 is 0 Å². The van der Waals surface area contributed by atoms with Crippen LogP contribution in [0.3, 0.4) is 0 Å². The van der Waals surface area contributed by atoms with Crippen molar-refractivity contribution in [3.05, 3.63) is 136 Å². The van der Waals surface area contributed by atoms with Crippen molar-refractivity contribution in [2.45, 2.75) is 26.1 Å². The summed E-state index contributed by atoms with van der Waals surface area (Å²) < 4.78 is 53.4. The summed E-state index contributed by atoms with van der Waals surface area (Å²) in [6.07, 6.45) is -0.928. The second-order valence-electron chi connectivity index (χ2n) is 9.87. The maximum Gasteiger partial charge on any atom is 0.416 e. The first-order valence-corrected chi connectivity index (χ1v) is 13.4. The monoisotopic (exact) mass is 583 g/mol. The molecule has 0 radical (unpaired) electrons. The highest BCUT2D eigenvalue weighted by Crippen LogP contribution is 2.34. The van der Waals surface area contributed by atoms with Gasteiger partial charge in [0.25, 0.3) is 5.56 Å². The van der Waals surface area contributed by atoms with E-state index in [0.29, 0.717) is 35.6 Å². The zero-order valence-corrected chi connectivity index (χ0v) is 23.6. The third kappa shape index (κ3) is 6.51. The van der Waals surface area contributed by atoms with E-state index in [9.17, 15) is 18.0 Å². The molecule has 0 aliphatic carbocycles. The van der Waals surface area contributed by atoms with Gasteiger partial charge >= 0.3 is 6.18 Å². The Morgan fingerprint density at radius 3 is 2.49 bits per heavy atom. The third-order valence-electron chi connectivity index (χ3n) is 6.77. The molecule has 5 aromatic rings. The smallest absolute Gasteiger partial charge is 0.416 e. The molecule has 1 heterocycles. The van der Waals surface area contributed by atoms with Crippen LogP contribution in [0.4, 0.5) is 13.2 Å². The highest BCUT2D eigenvalue weighted by molar-refractivity contribution is 5.83. The van der Waals surface area contributed by atoms with E-state index in [1.165, 1.54) is 25.5 Å². The van der Waals surface area contributed by atoms with Crippen LogP contribution in [-0.4, -0.2) is 23.0 Å². The van der Waals surface area contributed by atoms with Gasteiger partial charge in [-0.1, -0.05) is 60.2 Å². The average Bonchev–Trinajstić information content (AvgIpc) is 3.00. The second kappa shape index (κ2) is 12.4. The van der Waals surface area contributed by atoms with Gasteiger partial charge in [-0.2, -0.15) is 22.9 Å². The molecule has 0 bridgehead atoms. The maximum atomic E-state index is 13.5. The molecule has 0 saturated heterocycles. The molecule has 0 aliphatic rings. The van der Waals surface area contributed by atoms with E-state index in [4.69, 9.17) is 9.47 Å². The van der Waals surface area contributed by atoms with Crippen molar-refractivity contribution >= 4 is 17.1 Å². The van der Waals surface area contributed by atoms with E-state index < -0.39 is 17.3 Å². The van der Waals surface area contributed by atoms with Crippen molar-refractivity contribution in [3.8, 4) is 22.9 Å². The minimum atomic E-state index is -4.57. The number of alkyl halides is 3. The average molecular weight is 584 g/mol. The molecule has 0 spiro atoms. The standard InChI is InChI=1S/C34H28F3N3O3/c1-4-8-25-17-24(18-30(42-3)31(25)43-21-23-15-13-22(2)14-16-23)20-38-40-32(26-9-7-10-27(19-26)34(35,36)37)39-29-12-6-5-11-28(29)33(40)41/h4-7,9-20H,1,8,21H2,2-3H3. The Kier molecular flexibility index (Phi) is 8.43. The molecular formula is C34H28F3N3O3. The lowest BCUT2D eigenvalue weighted by Gasteiger charge is -2.16. The summed E-state index contributed by atoms with van der Waals surface area (Å²) >= 11 is 0. The summed E-state index contributed by atoms with van der Waals surface area (Å²) in [5.74, 6) is 0.978. The summed E-state index contributed by atoms with van der Waals surface area (Å²) in [4.78, 5) is 18.1. The second-order valence-corrected chi connectivity index (χ2v) is 9.87. The summed E-state index contributed by atoms with van der Waals surface area (Å²) in [6.45, 7) is 6.19. The molecule has 0 fully saturated rings. The third-order valence-corrected chi connectivity index (χ3v) is 6.77. The Morgan fingerprint density at radius 1 is 1.00 bits per heavy atom. The van der Waals surface area contributed by atoms with Gasteiger partial charge < -0.3 is 9.47 Å². The summed E-state index contributed by atoms with van der Waals surface area (Å²) in [5.41, 5.74) is 2.56. The first-order chi connectivity index (χ1) is 20.7. The van der Waals surface area contributed by atoms with Crippen LogP contribution in [0.15, 0.2) is 107 Å². The topological polar surface area (TPSA) is 65.7 Å². The van der Waals surface area contributed by atoms with Gasteiger partial charge in [0.15, 0.2) is 17.3 Å². The van der Waals surface area contributed by atoms with Gasteiger partial charge in [0, 0.05) is 11.1 Å². The van der Waals surface area contributed by atoms with Gasteiger partial charge in [0.2, 0.25) is 0 Å². The number of hydrogen-bond donors (Lipinski definition) is 0. The molecule has 0 unspecified atom stereocenters. The lowest BCUT2D eigenvalue weighted by molar-refractivity contribution is -0.137. The van der Waals surface area contributed by atoms with E-state index in [1.807, 2.05) is 37.3 Å². The Hall–Kier alpha value is -5.18. The fourth-order valence-electron chi connectivity index (χ4n) is 4.60. The number of aryl methyl sites for hydroxylation is 1. The van der Waals surface area contributed by atoms with Crippen LogP contribution in [0.1, 0.15) is 27.8 Å². The van der Waals surface area contributed by atoms with E-state index in [-0.39, 0.29) is 16.8 Å². The predicted octanol–water partition coefficient (Wildman–Crippen LogP) is 7.59. The predicted molar refractivity (Wildman–Crippen MR) is 162 cm³/mol. The van der Waals surface area contributed by atoms with Crippen molar-refractivity contribution in [3.63, 3.8) is 0 Å². The number of halogens is 3. The molecule has 0 atom stereocenters. The molecule has 0 amide bonds. The van der Waals surface area contributed by atoms with Crippen LogP contribution in [0.5, 0.6) is 11.5 Å². The SMILES string of the molecule is C=CCc1cc(C=Nn2c(-c3cccc(C(F)(F)F)c3)nc3ccccc3c2=O)cc(OC)c1OCc1ccc(C)cc1. The molecular weight excluding hydrogens is 555 g/mol. The largest absolute Gasteiger partial charge is 0.493 e. The Labute approximate surface area is 246 Å². The number of nitrogens with zero attached hydrogens (tertiary/aromatic N) is 3. The molecule has 43 heavy (non-hydrogen) atoms. The van der Waals surface area contributed by atoms with Gasteiger partial charge in [0.1, 0.15) is 6.61 Å². The van der Waals surface area contributed by atoms with Crippen molar-refractivity contribution in [1.29, 1.82) is 0 Å². The van der Waals surface area contributed by atoms with Crippen LogP contribution in [0.2, 0.25) is 0 Å². The quantitative estimate of drug-likeness (QED) is 0.133. The molecule has 5 rings (SSSR count). The van der Waals surface area contributed by atoms with Crippen molar-refractivity contribution in [1.82, 2.24) is 9.66 Å². The van der Waals surface area contributed by atoms with Gasteiger partial charge in [-0.05, 0) is 60.9 Å². The van der Waals surface area contributed by atoms with Crippen LogP contribution in [0, 0.1) is 6.92 Å². The zero-order valence-electron chi connectivity index (χ0n) is 23.6. The van der Waals surface area contributed by atoms with Crippen molar-refractivity contribution in [2.24, 2.45) is 5.10 Å². The van der Waals surface area contributed by atoms with Crippen molar-refractivity contribution in [2.75, 3.05) is 7.11 Å².